The molecule has 0 saturated carbocycles. The Labute approximate surface area is 122 Å². The molecule has 0 atom stereocenters. The summed E-state index contributed by atoms with van der Waals surface area (Å²) in [6, 6.07) is 7.94. The van der Waals surface area contributed by atoms with Gasteiger partial charge in [-0.15, -0.1) is 0 Å². The average Bonchev–Trinajstić information content (AvgIpc) is 2.49. The Bertz CT molecular complexity index is 692. The monoisotopic (exact) mass is 287 g/mol. The number of anilines is 1. The van der Waals surface area contributed by atoms with Crippen LogP contribution in [0.3, 0.4) is 0 Å². The molecule has 0 aliphatic carbocycles. The van der Waals surface area contributed by atoms with E-state index in [1.807, 2.05) is 18.9 Å². The summed E-state index contributed by atoms with van der Waals surface area (Å²) in [5, 5.41) is 13.0. The molecule has 0 saturated heterocycles. The molecule has 1 aromatic carbocycles. The summed E-state index contributed by atoms with van der Waals surface area (Å²) < 4.78 is 1.35. The van der Waals surface area contributed by atoms with Gasteiger partial charge in [0.15, 0.2) is 0 Å². The molecule has 1 heterocycles. The second-order valence-electron chi connectivity index (χ2n) is 4.73. The van der Waals surface area contributed by atoms with Crippen molar-refractivity contribution in [3.05, 3.63) is 58.0 Å². The smallest absolute Gasteiger partial charge is 0.335 e. The van der Waals surface area contributed by atoms with E-state index >= 15 is 0 Å². The molecule has 2 rings (SSSR count). The van der Waals surface area contributed by atoms with E-state index in [2.05, 4.69) is 5.10 Å². The second-order valence-corrected chi connectivity index (χ2v) is 4.73. The molecule has 0 spiro atoms. The van der Waals surface area contributed by atoms with Crippen LogP contribution in [-0.2, 0) is 6.54 Å². The van der Waals surface area contributed by atoms with E-state index in [-0.39, 0.29) is 11.1 Å². The second kappa shape index (κ2) is 6.21. The first-order chi connectivity index (χ1) is 10.0. The van der Waals surface area contributed by atoms with Crippen LogP contribution in [0, 0.1) is 0 Å². The maximum atomic E-state index is 12.0. The van der Waals surface area contributed by atoms with Crippen molar-refractivity contribution in [3.63, 3.8) is 0 Å². The molecule has 6 nitrogen and oxygen atoms in total. The van der Waals surface area contributed by atoms with Gasteiger partial charge >= 0.3 is 5.97 Å². The number of carbonyl (C=O) groups is 1. The van der Waals surface area contributed by atoms with E-state index in [0.717, 1.165) is 17.8 Å². The quantitative estimate of drug-likeness (QED) is 0.900. The van der Waals surface area contributed by atoms with Crippen LogP contribution in [0.15, 0.2) is 41.3 Å². The third-order valence-electron chi connectivity index (χ3n) is 3.30. The Balaban J connectivity index is 2.20. The first-order valence-corrected chi connectivity index (χ1v) is 6.61. The van der Waals surface area contributed by atoms with Crippen molar-refractivity contribution < 1.29 is 9.90 Å². The molecule has 6 heteroatoms. The molecular weight excluding hydrogens is 270 g/mol. The van der Waals surface area contributed by atoms with Gasteiger partial charge in [0.25, 0.3) is 5.56 Å². The molecular formula is C15H17N3O3. The van der Waals surface area contributed by atoms with Gasteiger partial charge in [0.05, 0.1) is 24.0 Å². The van der Waals surface area contributed by atoms with Crippen molar-refractivity contribution in [1.82, 2.24) is 9.78 Å². The summed E-state index contributed by atoms with van der Waals surface area (Å²) >= 11 is 0. The largest absolute Gasteiger partial charge is 0.478 e. The fraction of sp³-hybridized carbons (Fsp3) is 0.267. The predicted molar refractivity (Wildman–Crippen MR) is 79.9 cm³/mol. The van der Waals surface area contributed by atoms with Gasteiger partial charge in [-0.3, -0.25) is 4.79 Å². The summed E-state index contributed by atoms with van der Waals surface area (Å²) in [5.74, 6) is -0.969. The Hall–Kier alpha value is -2.63. The lowest BCUT2D eigenvalue weighted by atomic mass is 10.1. The number of carboxylic acids is 1. The highest BCUT2D eigenvalue weighted by Gasteiger charge is 2.05. The number of aromatic nitrogens is 2. The highest BCUT2D eigenvalue weighted by atomic mass is 16.4. The summed E-state index contributed by atoms with van der Waals surface area (Å²) in [6.45, 7) is 3.10. The molecule has 110 valence electrons. The van der Waals surface area contributed by atoms with Crippen molar-refractivity contribution in [2.45, 2.75) is 13.5 Å². The van der Waals surface area contributed by atoms with Gasteiger partial charge < -0.3 is 10.0 Å². The van der Waals surface area contributed by atoms with Gasteiger partial charge in [-0.2, -0.15) is 5.10 Å². The maximum absolute atomic E-state index is 12.0. The third-order valence-corrected chi connectivity index (χ3v) is 3.30. The van der Waals surface area contributed by atoms with Crippen molar-refractivity contribution in [2.24, 2.45) is 0 Å². The minimum Gasteiger partial charge on any atom is -0.478 e. The van der Waals surface area contributed by atoms with E-state index in [9.17, 15) is 9.59 Å². The van der Waals surface area contributed by atoms with Crippen LogP contribution in [0.4, 0.5) is 5.69 Å². The van der Waals surface area contributed by atoms with Gasteiger partial charge in [0.2, 0.25) is 0 Å². The first-order valence-electron chi connectivity index (χ1n) is 6.61. The van der Waals surface area contributed by atoms with Gasteiger partial charge in [-0.05, 0) is 24.6 Å². The summed E-state index contributed by atoms with van der Waals surface area (Å²) in [6.07, 6.45) is 1.65. The van der Waals surface area contributed by atoms with Crippen LogP contribution in [0.5, 0.6) is 0 Å². The van der Waals surface area contributed by atoms with Crippen LogP contribution in [-0.4, -0.2) is 34.4 Å². The van der Waals surface area contributed by atoms with E-state index in [0.29, 0.717) is 6.54 Å². The molecule has 2 aromatic rings. The topological polar surface area (TPSA) is 75.4 Å². The summed E-state index contributed by atoms with van der Waals surface area (Å²) in [4.78, 5) is 24.7. The molecule has 0 fully saturated rings. The number of hydrogen-bond acceptors (Lipinski definition) is 4. The predicted octanol–water partition coefficient (Wildman–Crippen LogP) is 1.45. The van der Waals surface area contributed by atoms with E-state index < -0.39 is 5.97 Å². The number of aromatic carboxylic acids is 1. The number of hydrogen-bond donors (Lipinski definition) is 1. The minimum absolute atomic E-state index is 0.185. The lowest BCUT2D eigenvalue weighted by molar-refractivity contribution is 0.0697. The Morgan fingerprint density at radius 3 is 2.52 bits per heavy atom. The highest BCUT2D eigenvalue weighted by Crippen LogP contribution is 2.08. The zero-order valence-corrected chi connectivity index (χ0v) is 12.0. The van der Waals surface area contributed by atoms with Crippen molar-refractivity contribution in [1.29, 1.82) is 0 Å². The van der Waals surface area contributed by atoms with E-state index in [1.165, 1.54) is 16.8 Å². The van der Waals surface area contributed by atoms with Gasteiger partial charge in [0.1, 0.15) is 0 Å². The standard InChI is InChI=1S/C15H17N3O3/c1-3-17(2)13-8-14(19)18(16-9-13)10-11-4-6-12(7-5-11)15(20)21/h4-9H,3,10H2,1-2H3,(H,20,21). The molecule has 0 aliphatic rings. The van der Waals surface area contributed by atoms with Crippen LogP contribution in [0.25, 0.3) is 0 Å². The highest BCUT2D eigenvalue weighted by molar-refractivity contribution is 5.87. The van der Waals surface area contributed by atoms with Crippen LogP contribution in [0.2, 0.25) is 0 Å². The minimum atomic E-state index is -0.969. The molecule has 0 radical (unpaired) electrons. The van der Waals surface area contributed by atoms with Crippen molar-refractivity contribution in [2.75, 3.05) is 18.5 Å². The van der Waals surface area contributed by atoms with Crippen LogP contribution in [0.1, 0.15) is 22.8 Å². The lowest BCUT2D eigenvalue weighted by Crippen LogP contribution is -2.26. The molecule has 0 amide bonds. The Morgan fingerprint density at radius 2 is 2.00 bits per heavy atom. The average molecular weight is 287 g/mol. The fourth-order valence-electron chi connectivity index (χ4n) is 1.86. The number of nitrogens with zero attached hydrogens (tertiary/aromatic N) is 3. The van der Waals surface area contributed by atoms with E-state index in [4.69, 9.17) is 5.11 Å². The third kappa shape index (κ3) is 3.47. The molecule has 21 heavy (non-hydrogen) atoms. The van der Waals surface area contributed by atoms with Gasteiger partial charge in [0, 0.05) is 19.7 Å². The van der Waals surface area contributed by atoms with Crippen molar-refractivity contribution in [3.8, 4) is 0 Å². The van der Waals surface area contributed by atoms with E-state index in [1.54, 1.807) is 24.4 Å². The number of rotatable bonds is 5. The molecule has 0 unspecified atom stereocenters. The van der Waals surface area contributed by atoms with Crippen molar-refractivity contribution >= 4 is 11.7 Å². The summed E-state index contributed by atoms with van der Waals surface area (Å²) in [7, 11) is 1.89. The Kier molecular flexibility index (Phi) is 4.37. The number of carboxylic acid groups (broad SMARTS) is 1. The SMILES string of the molecule is CCN(C)c1cnn(Cc2ccc(C(=O)O)cc2)c(=O)c1. The van der Waals surface area contributed by atoms with Gasteiger partial charge in [-0.25, -0.2) is 9.48 Å². The molecule has 1 N–H and O–H groups in total. The maximum Gasteiger partial charge on any atom is 0.335 e. The molecule has 0 aliphatic heterocycles. The number of benzene rings is 1. The van der Waals surface area contributed by atoms with Gasteiger partial charge in [-0.1, -0.05) is 12.1 Å². The first kappa shape index (κ1) is 14.8. The zero-order chi connectivity index (χ0) is 15.4. The Morgan fingerprint density at radius 1 is 1.33 bits per heavy atom. The van der Waals surface area contributed by atoms with Crippen LogP contribution < -0.4 is 10.5 Å². The zero-order valence-electron chi connectivity index (χ0n) is 12.0. The summed E-state index contributed by atoms with van der Waals surface area (Å²) in [5.41, 5.74) is 1.64. The molecule has 0 bridgehead atoms. The normalized spacial score (nSPS) is 10.4. The lowest BCUT2D eigenvalue weighted by Gasteiger charge is -2.16. The fourth-order valence-corrected chi connectivity index (χ4v) is 1.86. The molecule has 1 aromatic heterocycles. The van der Waals surface area contributed by atoms with Crippen LogP contribution >= 0.6 is 0 Å².